The van der Waals surface area contributed by atoms with E-state index in [4.69, 9.17) is 0 Å². The normalized spacial score (nSPS) is 12.4. The van der Waals surface area contributed by atoms with Gasteiger partial charge in [0.25, 0.3) is 0 Å². The van der Waals surface area contributed by atoms with Crippen LogP contribution in [-0.4, -0.2) is 35.5 Å². The van der Waals surface area contributed by atoms with Gasteiger partial charge in [0.05, 0.1) is 11.0 Å². The van der Waals surface area contributed by atoms with Crippen molar-refractivity contribution < 1.29 is 8.42 Å². The van der Waals surface area contributed by atoms with Gasteiger partial charge in [0.2, 0.25) is 0 Å². The van der Waals surface area contributed by atoms with E-state index < -0.39 is 9.84 Å². The molecule has 2 heterocycles. The molecule has 116 valence electrons. The maximum atomic E-state index is 12.0. The predicted molar refractivity (Wildman–Crippen MR) is 86.0 cm³/mol. The molecule has 1 N–H and O–H groups in total. The summed E-state index contributed by atoms with van der Waals surface area (Å²) in [5.41, 5.74) is 2.01. The third-order valence-corrected chi connectivity index (χ3v) is 5.80. The van der Waals surface area contributed by atoms with Gasteiger partial charge in [-0.15, -0.1) is 0 Å². The Kier molecular flexibility index (Phi) is 5.00. The molecule has 0 bridgehead atoms. The summed E-state index contributed by atoms with van der Waals surface area (Å²) >= 11 is 0. The average molecular weight is 309 g/mol. The highest BCUT2D eigenvalue weighted by Crippen LogP contribution is 2.19. The SMILES string of the molecule is CCNCc1cn(CCS(=O)(=O)C(C)C)c2ncccc12. The highest BCUT2D eigenvalue weighted by Gasteiger charge is 2.17. The lowest BCUT2D eigenvalue weighted by Crippen LogP contribution is -2.21. The zero-order valence-electron chi connectivity index (χ0n) is 12.8. The number of pyridine rings is 1. The zero-order chi connectivity index (χ0) is 15.5. The van der Waals surface area contributed by atoms with Gasteiger partial charge in [-0.25, -0.2) is 13.4 Å². The van der Waals surface area contributed by atoms with Gasteiger partial charge in [0, 0.05) is 30.9 Å². The van der Waals surface area contributed by atoms with E-state index in [0.717, 1.165) is 29.7 Å². The van der Waals surface area contributed by atoms with Gasteiger partial charge in [0.15, 0.2) is 9.84 Å². The number of fused-ring (bicyclic) bond motifs is 1. The molecule has 0 aromatic carbocycles. The fraction of sp³-hybridized carbons (Fsp3) is 0.533. The molecule has 0 saturated carbocycles. The van der Waals surface area contributed by atoms with E-state index in [1.54, 1.807) is 20.0 Å². The molecule has 21 heavy (non-hydrogen) atoms. The first-order valence-corrected chi connectivity index (χ1v) is 9.02. The maximum absolute atomic E-state index is 12.0. The first-order chi connectivity index (χ1) is 9.95. The molecular formula is C15H23N3O2S. The quantitative estimate of drug-likeness (QED) is 0.849. The van der Waals surface area contributed by atoms with Crippen LogP contribution < -0.4 is 5.32 Å². The summed E-state index contributed by atoms with van der Waals surface area (Å²) in [6.07, 6.45) is 3.75. The second-order valence-electron chi connectivity index (χ2n) is 5.42. The van der Waals surface area contributed by atoms with Crippen molar-refractivity contribution in [1.82, 2.24) is 14.9 Å². The Morgan fingerprint density at radius 3 is 2.81 bits per heavy atom. The van der Waals surface area contributed by atoms with Gasteiger partial charge in [-0.1, -0.05) is 6.92 Å². The van der Waals surface area contributed by atoms with E-state index >= 15 is 0 Å². The molecule has 5 nitrogen and oxygen atoms in total. The minimum Gasteiger partial charge on any atom is -0.331 e. The third-order valence-electron chi connectivity index (χ3n) is 3.62. The first-order valence-electron chi connectivity index (χ1n) is 7.30. The molecule has 0 saturated heterocycles. The van der Waals surface area contributed by atoms with Crippen LogP contribution in [0.1, 0.15) is 26.3 Å². The van der Waals surface area contributed by atoms with Crippen LogP contribution in [0.3, 0.4) is 0 Å². The lowest BCUT2D eigenvalue weighted by Gasteiger charge is -2.08. The zero-order valence-corrected chi connectivity index (χ0v) is 13.7. The summed E-state index contributed by atoms with van der Waals surface area (Å²) in [7, 11) is -3.04. The van der Waals surface area contributed by atoms with Gasteiger partial charge >= 0.3 is 0 Å². The molecule has 6 heteroatoms. The molecule has 0 spiro atoms. The van der Waals surface area contributed by atoms with Crippen LogP contribution >= 0.6 is 0 Å². The average Bonchev–Trinajstić information content (AvgIpc) is 2.81. The molecule has 0 aliphatic rings. The minimum absolute atomic E-state index is 0.145. The number of nitrogens with zero attached hydrogens (tertiary/aromatic N) is 2. The molecule has 2 rings (SSSR count). The van der Waals surface area contributed by atoms with Crippen molar-refractivity contribution >= 4 is 20.9 Å². The van der Waals surface area contributed by atoms with Crippen LogP contribution in [0.5, 0.6) is 0 Å². The number of sulfone groups is 1. The van der Waals surface area contributed by atoms with Crippen LogP contribution in [0.25, 0.3) is 11.0 Å². The molecular weight excluding hydrogens is 286 g/mol. The van der Waals surface area contributed by atoms with E-state index in [-0.39, 0.29) is 11.0 Å². The van der Waals surface area contributed by atoms with E-state index in [1.807, 2.05) is 22.9 Å². The number of nitrogens with one attached hydrogen (secondary N) is 1. The Hall–Kier alpha value is -1.40. The molecule has 0 aliphatic carbocycles. The number of aromatic nitrogens is 2. The van der Waals surface area contributed by atoms with E-state index in [2.05, 4.69) is 17.2 Å². The van der Waals surface area contributed by atoms with Crippen molar-refractivity contribution in [3.05, 3.63) is 30.1 Å². The molecule has 0 fully saturated rings. The van der Waals surface area contributed by atoms with E-state index in [9.17, 15) is 8.42 Å². The third kappa shape index (κ3) is 3.63. The predicted octanol–water partition coefficient (Wildman–Crippen LogP) is 1.97. The van der Waals surface area contributed by atoms with Gasteiger partial charge in [-0.2, -0.15) is 0 Å². The Morgan fingerprint density at radius 2 is 2.14 bits per heavy atom. The molecule has 2 aromatic heterocycles. The van der Waals surface area contributed by atoms with E-state index in [0.29, 0.717) is 6.54 Å². The summed E-state index contributed by atoms with van der Waals surface area (Å²) < 4.78 is 25.9. The van der Waals surface area contributed by atoms with Crippen LogP contribution in [0.15, 0.2) is 24.5 Å². The summed E-state index contributed by atoms with van der Waals surface area (Å²) in [5, 5.41) is 4.05. The summed E-state index contributed by atoms with van der Waals surface area (Å²) in [5.74, 6) is 0.145. The molecule has 0 amide bonds. The highest BCUT2D eigenvalue weighted by atomic mass is 32.2. The van der Waals surface area contributed by atoms with Crippen LogP contribution in [0.4, 0.5) is 0 Å². The fourth-order valence-electron chi connectivity index (χ4n) is 2.23. The second-order valence-corrected chi connectivity index (χ2v) is 8.10. The lowest BCUT2D eigenvalue weighted by atomic mass is 10.2. The Morgan fingerprint density at radius 1 is 1.38 bits per heavy atom. The minimum atomic E-state index is -3.04. The number of hydrogen-bond donors (Lipinski definition) is 1. The summed E-state index contributed by atoms with van der Waals surface area (Å²) in [6, 6.07) is 3.94. The fourth-order valence-corrected chi connectivity index (χ4v) is 3.15. The maximum Gasteiger partial charge on any atom is 0.154 e. The van der Waals surface area contributed by atoms with Crippen molar-refractivity contribution in [2.24, 2.45) is 0 Å². The molecule has 0 aliphatic heterocycles. The van der Waals surface area contributed by atoms with Gasteiger partial charge in [0.1, 0.15) is 5.65 Å². The molecule has 2 aromatic rings. The largest absolute Gasteiger partial charge is 0.331 e. The first kappa shape index (κ1) is 16.0. The Bertz CT molecular complexity index is 705. The van der Waals surface area contributed by atoms with Gasteiger partial charge in [-0.3, -0.25) is 0 Å². The monoisotopic (exact) mass is 309 g/mol. The molecule has 0 atom stereocenters. The van der Waals surface area contributed by atoms with Crippen molar-refractivity contribution in [3.8, 4) is 0 Å². The number of hydrogen-bond acceptors (Lipinski definition) is 4. The van der Waals surface area contributed by atoms with Crippen LogP contribution in [-0.2, 0) is 22.9 Å². The van der Waals surface area contributed by atoms with Crippen molar-refractivity contribution in [2.75, 3.05) is 12.3 Å². The van der Waals surface area contributed by atoms with Gasteiger partial charge in [-0.05, 0) is 38.1 Å². The summed E-state index contributed by atoms with van der Waals surface area (Å²) in [4.78, 5) is 4.40. The Balaban J connectivity index is 2.28. The topological polar surface area (TPSA) is 64.0 Å². The van der Waals surface area contributed by atoms with Gasteiger partial charge < -0.3 is 9.88 Å². The molecule has 0 radical (unpaired) electrons. The van der Waals surface area contributed by atoms with Crippen molar-refractivity contribution in [1.29, 1.82) is 0 Å². The smallest absolute Gasteiger partial charge is 0.154 e. The number of rotatable bonds is 7. The highest BCUT2D eigenvalue weighted by molar-refractivity contribution is 7.91. The summed E-state index contributed by atoms with van der Waals surface area (Å²) in [6.45, 7) is 7.61. The lowest BCUT2D eigenvalue weighted by molar-refractivity contribution is 0.581. The molecule has 0 unspecified atom stereocenters. The van der Waals surface area contributed by atoms with E-state index in [1.165, 1.54) is 0 Å². The van der Waals surface area contributed by atoms with Crippen LogP contribution in [0, 0.1) is 0 Å². The standard InChI is InChI=1S/C15H23N3O2S/c1-4-16-10-13-11-18(8-9-21(19,20)12(2)3)15-14(13)6-5-7-17-15/h5-7,11-12,16H,4,8-10H2,1-3H3. The van der Waals surface area contributed by atoms with Crippen LogP contribution in [0.2, 0.25) is 0 Å². The van der Waals surface area contributed by atoms with Crippen molar-refractivity contribution in [3.63, 3.8) is 0 Å². The number of aryl methyl sites for hydroxylation is 1. The Labute approximate surface area is 126 Å². The second kappa shape index (κ2) is 6.58. The van der Waals surface area contributed by atoms with Crippen molar-refractivity contribution in [2.45, 2.75) is 39.1 Å².